The van der Waals surface area contributed by atoms with Crippen LogP contribution in [-0.2, 0) is 0 Å². The molecule has 0 saturated carbocycles. The highest BCUT2D eigenvalue weighted by Crippen LogP contribution is 2.47. The second-order valence-corrected chi connectivity index (χ2v) is 22.7. The monoisotopic (exact) mass is 993 g/mol. The number of fused-ring (bicyclic) bond motifs is 10. The van der Waals surface area contributed by atoms with Crippen LogP contribution in [0.15, 0.2) is 116 Å². The number of piperidine rings is 5. The maximum absolute atomic E-state index is 7.62. The lowest BCUT2D eigenvalue weighted by Gasteiger charge is -2.51. The number of benzene rings is 3. The highest BCUT2D eigenvalue weighted by molar-refractivity contribution is 5.84. The van der Waals surface area contributed by atoms with Gasteiger partial charge in [-0.05, 0) is 156 Å². The average molecular weight is 993 g/mol. The zero-order valence-corrected chi connectivity index (χ0v) is 44.1. The second-order valence-electron chi connectivity index (χ2n) is 22.7. The van der Waals surface area contributed by atoms with Crippen LogP contribution in [0.2, 0.25) is 0 Å². The van der Waals surface area contributed by atoms with Gasteiger partial charge in [-0.3, -0.25) is 24.8 Å². The number of para-hydroxylation sites is 3. The lowest BCUT2D eigenvalue weighted by atomic mass is 9.72. The summed E-state index contributed by atoms with van der Waals surface area (Å²) < 4.78 is 22.6. The molecule has 9 unspecified atom stereocenters. The van der Waals surface area contributed by atoms with Crippen molar-refractivity contribution in [2.45, 2.75) is 122 Å². The van der Waals surface area contributed by atoms with Crippen molar-refractivity contribution in [3.05, 3.63) is 132 Å². The molecule has 7 aliphatic rings. The predicted molar refractivity (Wildman–Crippen MR) is 294 cm³/mol. The van der Waals surface area contributed by atoms with Crippen LogP contribution in [0.1, 0.15) is 126 Å². The molecule has 0 radical (unpaired) electrons. The Kier molecular flexibility index (Phi) is 14.5. The van der Waals surface area contributed by atoms with Crippen molar-refractivity contribution in [3.63, 3.8) is 0 Å². The first-order valence-electron chi connectivity index (χ1n) is 28.5. The van der Waals surface area contributed by atoms with Crippen molar-refractivity contribution in [1.82, 2.24) is 39.6 Å². The van der Waals surface area contributed by atoms with Gasteiger partial charge in [0.2, 0.25) is 11.8 Å². The number of hydrogen-bond donors (Lipinski definition) is 0. The van der Waals surface area contributed by atoms with Gasteiger partial charge in [0.1, 0.15) is 18.3 Å². The third kappa shape index (κ3) is 9.96. The van der Waals surface area contributed by atoms with Crippen molar-refractivity contribution >= 4 is 32.7 Å². The molecule has 7 aliphatic heterocycles. The van der Waals surface area contributed by atoms with Crippen LogP contribution in [0.3, 0.4) is 0 Å². The van der Waals surface area contributed by atoms with E-state index in [9.17, 15) is 0 Å². The maximum Gasteiger partial charge on any atom is 0.323 e. The molecule has 3 aromatic carbocycles. The summed E-state index contributed by atoms with van der Waals surface area (Å²) in [5.41, 5.74) is 6.23. The Morgan fingerprint density at radius 2 is 1.01 bits per heavy atom. The van der Waals surface area contributed by atoms with Gasteiger partial charge in [0.05, 0.1) is 34.7 Å². The molecule has 0 amide bonds. The molecule has 7 aromatic rings. The molecular formula is C63H76N8O3. The Bertz CT molecular complexity index is 3030. The first kappa shape index (κ1) is 49.1. The number of likely N-dealkylation sites (tertiary alicyclic amines) is 1. The van der Waals surface area contributed by atoms with Crippen LogP contribution in [0.5, 0.6) is 17.8 Å². The summed E-state index contributed by atoms with van der Waals surface area (Å²) in [7, 11) is 2.27. The molecule has 0 N–H and O–H groups in total. The third-order valence-electron chi connectivity index (χ3n) is 18.8. The van der Waals surface area contributed by atoms with Gasteiger partial charge in [-0.25, -0.2) is 0 Å². The lowest BCUT2D eigenvalue weighted by molar-refractivity contribution is -0.0496. The number of nitrogens with zero attached hydrogens (tertiary/aromatic N) is 8. The standard InChI is InChI=1S/C63H76N8O3/c1-5-41-26-33-70-34-27-45(41)36-56(70)61(51-23-30-65-54-18-12-9-15-48(51)54)73-59-38-60(74-62(52-24-31-66-55-19-13-10-16-49(52)55)57-37-46-28-35-71(57)40-43(46)7-3)68-63(67-59)72-58(21-20-44-25-32-69(4)39-42(44)6-2)50-22-29-64-53-17-11-8-14-47(50)53/h8-19,22-24,29-31,38,41-46,56-58,61-62H,5-7,20-21,25-28,32-37,39-40H2,1-4H3/t41?,42?,43?,44?,45?,46?,56-,57+,58-,61+,62?/m1/s1. The molecule has 4 bridgehead atoms. The second kappa shape index (κ2) is 21.8. The number of hydrogen-bond acceptors (Lipinski definition) is 11. The van der Waals surface area contributed by atoms with Gasteiger partial charge in [-0.2, -0.15) is 9.97 Å². The molecule has 0 spiro atoms. The summed E-state index contributed by atoms with van der Waals surface area (Å²) in [4.78, 5) is 33.1. The Morgan fingerprint density at radius 1 is 0.514 bits per heavy atom. The van der Waals surface area contributed by atoms with E-state index in [0.29, 0.717) is 47.3 Å². The van der Waals surface area contributed by atoms with Gasteiger partial charge in [-0.1, -0.05) is 94.6 Å². The van der Waals surface area contributed by atoms with Crippen LogP contribution in [0.25, 0.3) is 32.7 Å². The Hall–Kier alpha value is -5.75. The molecule has 7 fully saturated rings. The largest absolute Gasteiger partial charge is 0.467 e. The number of ether oxygens (including phenoxy) is 3. The fraction of sp³-hybridized carbons (Fsp3) is 0.508. The number of aromatic nitrogens is 5. The van der Waals surface area contributed by atoms with Crippen LogP contribution >= 0.6 is 0 Å². The minimum Gasteiger partial charge on any atom is -0.467 e. The topological polar surface area (TPSA) is 102 Å². The SMILES string of the molecule is CCC1CCN2CCC1C[C@@H]2[C@@H](Oc1cc(OC(c2ccnc3ccccc23)[C@@H]2CC3CCN2CC3CC)nc(O[C@H](CCC2CCN(C)CC2CC)c2ccnc3ccccc23)n1)c1ccnc2ccccc12. The normalized spacial score (nSPS) is 28.2. The summed E-state index contributed by atoms with van der Waals surface area (Å²) in [6.07, 6.45) is 17.2. The van der Waals surface area contributed by atoms with E-state index in [4.69, 9.17) is 39.1 Å². The minimum absolute atomic E-state index is 0.143. The van der Waals surface area contributed by atoms with Gasteiger partial charge < -0.3 is 19.1 Å². The van der Waals surface area contributed by atoms with Crippen molar-refractivity contribution in [1.29, 1.82) is 0 Å². The maximum atomic E-state index is 7.62. The molecular weight excluding hydrogens is 917 g/mol. The quantitative estimate of drug-likeness (QED) is 0.0871. The van der Waals surface area contributed by atoms with Crippen LogP contribution < -0.4 is 14.2 Å². The van der Waals surface area contributed by atoms with Gasteiger partial charge in [0.25, 0.3) is 0 Å². The summed E-state index contributed by atoms with van der Waals surface area (Å²) in [5.74, 6) is 4.85. The van der Waals surface area contributed by atoms with Crippen molar-refractivity contribution < 1.29 is 14.2 Å². The first-order valence-corrected chi connectivity index (χ1v) is 28.5. The molecule has 11 heterocycles. The summed E-state index contributed by atoms with van der Waals surface area (Å²) in [5, 5.41) is 3.30. The van der Waals surface area contributed by atoms with Gasteiger partial charge >= 0.3 is 6.01 Å². The van der Waals surface area contributed by atoms with E-state index < -0.39 is 0 Å². The van der Waals surface area contributed by atoms with Crippen LogP contribution in [-0.4, -0.2) is 98.0 Å². The molecule has 74 heavy (non-hydrogen) atoms. The molecule has 4 aromatic heterocycles. The molecule has 7 saturated heterocycles. The van der Waals surface area contributed by atoms with Gasteiger partial charge in [0.15, 0.2) is 0 Å². The first-order chi connectivity index (χ1) is 36.4. The van der Waals surface area contributed by atoms with E-state index >= 15 is 0 Å². The Labute approximate surface area is 438 Å². The van der Waals surface area contributed by atoms with E-state index in [2.05, 4.69) is 134 Å². The van der Waals surface area contributed by atoms with Crippen molar-refractivity contribution in [2.24, 2.45) is 35.5 Å². The summed E-state index contributed by atoms with van der Waals surface area (Å²) >= 11 is 0. The van der Waals surface area contributed by atoms with Crippen LogP contribution in [0, 0.1) is 35.5 Å². The molecule has 11 heteroatoms. The zero-order valence-electron chi connectivity index (χ0n) is 44.1. The molecule has 0 aliphatic carbocycles. The van der Waals surface area contributed by atoms with E-state index in [1.54, 1.807) is 0 Å². The minimum atomic E-state index is -0.344. The van der Waals surface area contributed by atoms with Crippen molar-refractivity contribution in [2.75, 3.05) is 46.3 Å². The van der Waals surface area contributed by atoms with E-state index in [1.807, 2.05) is 24.7 Å². The predicted octanol–water partition coefficient (Wildman–Crippen LogP) is 12.9. The highest BCUT2D eigenvalue weighted by Gasteiger charge is 2.45. The Morgan fingerprint density at radius 3 is 1.59 bits per heavy atom. The lowest BCUT2D eigenvalue weighted by Crippen LogP contribution is -2.56. The molecule has 13 atom stereocenters. The summed E-state index contributed by atoms with van der Waals surface area (Å²) in [6, 6.07) is 34.5. The number of pyridine rings is 3. The fourth-order valence-corrected chi connectivity index (χ4v) is 14.7. The fourth-order valence-electron chi connectivity index (χ4n) is 14.7. The Balaban J connectivity index is 0.987. The van der Waals surface area contributed by atoms with E-state index in [0.717, 1.165) is 114 Å². The number of rotatable bonds is 17. The smallest absolute Gasteiger partial charge is 0.323 e. The van der Waals surface area contributed by atoms with E-state index in [-0.39, 0.29) is 36.4 Å². The summed E-state index contributed by atoms with van der Waals surface area (Å²) in [6.45, 7) is 13.6. The van der Waals surface area contributed by atoms with Crippen molar-refractivity contribution in [3.8, 4) is 17.8 Å². The average Bonchev–Trinajstić information content (AvgIpc) is 3.77. The zero-order chi connectivity index (χ0) is 50.1. The molecule has 11 nitrogen and oxygen atoms in total. The van der Waals surface area contributed by atoms with Gasteiger partial charge in [0, 0.05) is 64.5 Å². The molecule has 386 valence electrons. The third-order valence-corrected chi connectivity index (χ3v) is 18.8. The van der Waals surface area contributed by atoms with Crippen LogP contribution in [0.4, 0.5) is 0 Å². The molecule has 14 rings (SSSR count). The van der Waals surface area contributed by atoms with E-state index in [1.165, 1.54) is 44.9 Å². The highest BCUT2D eigenvalue weighted by atomic mass is 16.5. The van der Waals surface area contributed by atoms with Gasteiger partial charge in [-0.15, -0.1) is 0 Å².